The third-order valence-corrected chi connectivity index (χ3v) is 3.77. The summed E-state index contributed by atoms with van der Waals surface area (Å²) in [5.41, 5.74) is 1.31. The fourth-order valence-electron chi connectivity index (χ4n) is 1.99. The lowest BCUT2D eigenvalue weighted by Crippen LogP contribution is -2.22. The Morgan fingerprint density at radius 2 is 2.00 bits per heavy atom. The normalized spacial score (nSPS) is 12.2. The fraction of sp³-hybridized carbons (Fsp3) is 0.133. The SMILES string of the molecule is O=C(NCc1ccc2c(c1)OCO2)c1ccc(Br)c(O)c1. The molecule has 1 aliphatic rings. The molecule has 3 rings (SSSR count). The van der Waals surface area contributed by atoms with E-state index in [1.807, 2.05) is 18.2 Å². The van der Waals surface area contributed by atoms with E-state index in [9.17, 15) is 9.90 Å². The Bertz CT molecular complexity index is 702. The predicted octanol–water partition coefficient (Wildman–Crippen LogP) is 2.81. The third-order valence-electron chi connectivity index (χ3n) is 3.10. The third kappa shape index (κ3) is 2.95. The lowest BCUT2D eigenvalue weighted by Gasteiger charge is -2.07. The van der Waals surface area contributed by atoms with E-state index in [1.54, 1.807) is 12.1 Å². The molecule has 0 radical (unpaired) electrons. The van der Waals surface area contributed by atoms with Gasteiger partial charge < -0.3 is 19.9 Å². The van der Waals surface area contributed by atoms with E-state index in [1.165, 1.54) is 6.07 Å². The first-order valence-corrected chi connectivity index (χ1v) is 7.08. The number of hydrogen-bond donors (Lipinski definition) is 2. The van der Waals surface area contributed by atoms with Crippen LogP contribution in [-0.2, 0) is 6.54 Å². The zero-order valence-electron chi connectivity index (χ0n) is 10.9. The number of amides is 1. The van der Waals surface area contributed by atoms with Crippen LogP contribution in [0.15, 0.2) is 40.9 Å². The molecule has 108 valence electrons. The van der Waals surface area contributed by atoms with Crippen molar-refractivity contribution >= 4 is 21.8 Å². The molecule has 2 N–H and O–H groups in total. The van der Waals surface area contributed by atoms with Crippen molar-refractivity contribution in [3.05, 3.63) is 52.0 Å². The molecule has 5 nitrogen and oxygen atoms in total. The van der Waals surface area contributed by atoms with Crippen LogP contribution in [0, 0.1) is 0 Å². The first-order chi connectivity index (χ1) is 10.1. The quantitative estimate of drug-likeness (QED) is 0.893. The number of carbonyl (C=O) groups is 1. The molecule has 0 bridgehead atoms. The molecular formula is C15H12BrNO4. The second-order valence-electron chi connectivity index (χ2n) is 4.54. The lowest BCUT2D eigenvalue weighted by atomic mass is 10.1. The van der Waals surface area contributed by atoms with E-state index in [2.05, 4.69) is 21.2 Å². The molecule has 0 saturated carbocycles. The summed E-state index contributed by atoms with van der Waals surface area (Å²) < 4.78 is 11.1. The van der Waals surface area contributed by atoms with Gasteiger partial charge in [-0.1, -0.05) is 6.07 Å². The van der Waals surface area contributed by atoms with Crippen LogP contribution in [0.2, 0.25) is 0 Å². The second-order valence-corrected chi connectivity index (χ2v) is 5.39. The monoisotopic (exact) mass is 349 g/mol. The van der Waals surface area contributed by atoms with Gasteiger partial charge in [-0.3, -0.25) is 4.79 Å². The Morgan fingerprint density at radius 3 is 2.81 bits per heavy atom. The van der Waals surface area contributed by atoms with Gasteiger partial charge in [0.1, 0.15) is 5.75 Å². The van der Waals surface area contributed by atoms with Crippen LogP contribution in [0.25, 0.3) is 0 Å². The minimum atomic E-state index is -0.254. The van der Waals surface area contributed by atoms with Gasteiger partial charge in [0.05, 0.1) is 4.47 Å². The highest BCUT2D eigenvalue weighted by atomic mass is 79.9. The number of ether oxygens (including phenoxy) is 2. The smallest absolute Gasteiger partial charge is 0.251 e. The van der Waals surface area contributed by atoms with Gasteiger partial charge in [0, 0.05) is 12.1 Å². The first-order valence-electron chi connectivity index (χ1n) is 6.29. The number of carbonyl (C=O) groups excluding carboxylic acids is 1. The Kier molecular flexibility index (Phi) is 3.70. The van der Waals surface area contributed by atoms with Crippen LogP contribution < -0.4 is 14.8 Å². The molecule has 0 unspecified atom stereocenters. The van der Waals surface area contributed by atoms with Crippen molar-refractivity contribution in [2.75, 3.05) is 6.79 Å². The summed E-state index contributed by atoms with van der Waals surface area (Å²) in [5, 5.41) is 12.4. The maximum absolute atomic E-state index is 12.0. The maximum Gasteiger partial charge on any atom is 0.251 e. The molecule has 0 spiro atoms. The molecule has 0 atom stereocenters. The molecule has 2 aromatic carbocycles. The molecule has 21 heavy (non-hydrogen) atoms. The number of aromatic hydroxyl groups is 1. The van der Waals surface area contributed by atoms with Gasteiger partial charge in [-0.15, -0.1) is 0 Å². The number of benzene rings is 2. The summed E-state index contributed by atoms with van der Waals surface area (Å²) in [6.07, 6.45) is 0. The van der Waals surface area contributed by atoms with E-state index >= 15 is 0 Å². The average molecular weight is 350 g/mol. The largest absolute Gasteiger partial charge is 0.507 e. The zero-order chi connectivity index (χ0) is 14.8. The van der Waals surface area contributed by atoms with Gasteiger partial charge in [0.2, 0.25) is 6.79 Å². The molecule has 1 aliphatic heterocycles. The Balaban J connectivity index is 1.67. The average Bonchev–Trinajstić information content (AvgIpc) is 2.95. The topological polar surface area (TPSA) is 67.8 Å². The molecule has 6 heteroatoms. The summed E-state index contributed by atoms with van der Waals surface area (Å²) in [7, 11) is 0. The maximum atomic E-state index is 12.0. The Labute approximate surface area is 129 Å². The standard InChI is InChI=1S/C15H12BrNO4/c16-11-3-2-10(6-12(11)18)15(19)17-7-9-1-4-13-14(5-9)21-8-20-13/h1-6,18H,7-8H2,(H,17,19). The van der Waals surface area contributed by atoms with E-state index in [0.29, 0.717) is 28.1 Å². The van der Waals surface area contributed by atoms with Crippen LogP contribution in [0.5, 0.6) is 17.2 Å². The highest BCUT2D eigenvalue weighted by Crippen LogP contribution is 2.32. The van der Waals surface area contributed by atoms with E-state index in [4.69, 9.17) is 9.47 Å². The molecular weight excluding hydrogens is 338 g/mol. The number of halogens is 1. The Morgan fingerprint density at radius 1 is 1.19 bits per heavy atom. The summed E-state index contributed by atoms with van der Waals surface area (Å²) in [6.45, 7) is 0.593. The number of hydrogen-bond acceptors (Lipinski definition) is 4. The number of phenolic OH excluding ortho intramolecular Hbond substituents is 1. The summed E-state index contributed by atoms with van der Waals surface area (Å²) in [5.74, 6) is 1.17. The van der Waals surface area contributed by atoms with Crippen LogP contribution in [-0.4, -0.2) is 17.8 Å². The van der Waals surface area contributed by atoms with Gasteiger partial charge in [-0.2, -0.15) is 0 Å². The number of phenols is 1. The summed E-state index contributed by atoms with van der Waals surface area (Å²) >= 11 is 3.18. The van der Waals surface area contributed by atoms with Crippen molar-refractivity contribution in [1.29, 1.82) is 0 Å². The van der Waals surface area contributed by atoms with Gasteiger partial charge in [0.25, 0.3) is 5.91 Å². The summed E-state index contributed by atoms with van der Waals surface area (Å²) in [6, 6.07) is 10.2. The zero-order valence-corrected chi connectivity index (χ0v) is 12.5. The highest BCUT2D eigenvalue weighted by Gasteiger charge is 2.14. The van der Waals surface area contributed by atoms with Gasteiger partial charge in [-0.05, 0) is 51.8 Å². The number of fused-ring (bicyclic) bond motifs is 1. The van der Waals surface area contributed by atoms with Crippen molar-refractivity contribution in [3.8, 4) is 17.2 Å². The molecule has 0 fully saturated rings. The van der Waals surface area contributed by atoms with E-state index < -0.39 is 0 Å². The molecule has 0 aliphatic carbocycles. The molecule has 1 heterocycles. The fourth-order valence-corrected chi connectivity index (χ4v) is 2.24. The van der Waals surface area contributed by atoms with E-state index in [0.717, 1.165) is 5.56 Å². The van der Waals surface area contributed by atoms with Crippen molar-refractivity contribution in [1.82, 2.24) is 5.32 Å². The van der Waals surface area contributed by atoms with Crippen molar-refractivity contribution in [2.24, 2.45) is 0 Å². The van der Waals surface area contributed by atoms with Crippen molar-refractivity contribution in [3.63, 3.8) is 0 Å². The molecule has 1 amide bonds. The predicted molar refractivity (Wildman–Crippen MR) is 79.5 cm³/mol. The minimum absolute atomic E-state index is 0.0331. The lowest BCUT2D eigenvalue weighted by molar-refractivity contribution is 0.0950. The number of nitrogens with one attached hydrogen (secondary N) is 1. The van der Waals surface area contributed by atoms with Gasteiger partial charge >= 0.3 is 0 Å². The van der Waals surface area contributed by atoms with E-state index in [-0.39, 0.29) is 18.4 Å². The molecule has 2 aromatic rings. The van der Waals surface area contributed by atoms with Gasteiger partial charge in [-0.25, -0.2) is 0 Å². The Hall–Kier alpha value is -2.21. The van der Waals surface area contributed by atoms with Crippen molar-refractivity contribution in [2.45, 2.75) is 6.54 Å². The van der Waals surface area contributed by atoms with Crippen LogP contribution >= 0.6 is 15.9 Å². The van der Waals surface area contributed by atoms with Crippen LogP contribution in [0.1, 0.15) is 15.9 Å². The summed E-state index contributed by atoms with van der Waals surface area (Å²) in [4.78, 5) is 12.0. The second kappa shape index (κ2) is 5.65. The molecule has 0 aromatic heterocycles. The first kappa shape index (κ1) is 13.8. The van der Waals surface area contributed by atoms with Gasteiger partial charge in [0.15, 0.2) is 11.5 Å². The molecule has 0 saturated heterocycles. The van der Waals surface area contributed by atoms with Crippen molar-refractivity contribution < 1.29 is 19.4 Å². The minimum Gasteiger partial charge on any atom is -0.507 e. The number of rotatable bonds is 3. The van der Waals surface area contributed by atoms with Crippen LogP contribution in [0.4, 0.5) is 0 Å². The highest BCUT2D eigenvalue weighted by molar-refractivity contribution is 9.10. The van der Waals surface area contributed by atoms with Crippen LogP contribution in [0.3, 0.4) is 0 Å².